The number of carbonyl (C=O) groups excluding carboxylic acids is 1. The number of hydrogen-bond acceptors (Lipinski definition) is 1. The van der Waals surface area contributed by atoms with Gasteiger partial charge in [0.05, 0.1) is 5.56 Å². The van der Waals surface area contributed by atoms with Crippen molar-refractivity contribution in [3.05, 3.63) is 29.3 Å². The fraction of sp³-hybridized carbons (Fsp3) is 0.462. The van der Waals surface area contributed by atoms with Crippen LogP contribution in [0.2, 0.25) is 0 Å². The van der Waals surface area contributed by atoms with E-state index in [2.05, 4.69) is 0 Å². The van der Waals surface area contributed by atoms with Gasteiger partial charge in [-0.15, -0.1) is 0 Å². The van der Waals surface area contributed by atoms with Gasteiger partial charge in [0, 0.05) is 18.7 Å². The van der Waals surface area contributed by atoms with Crippen LogP contribution in [0.4, 0.5) is 18.9 Å². The molecule has 0 aromatic heterocycles. The number of carbonyl (C=O) groups is 1. The molecule has 0 aliphatic carbocycles. The molecule has 1 heterocycles. The Hall–Kier alpha value is -1.52. The third-order valence-corrected chi connectivity index (χ3v) is 3.16. The molecule has 1 amide bonds. The largest absolute Gasteiger partial charge is 0.416 e. The van der Waals surface area contributed by atoms with Gasteiger partial charge in [-0.25, -0.2) is 0 Å². The lowest BCUT2D eigenvalue weighted by molar-refractivity contribution is -0.138. The lowest BCUT2D eigenvalue weighted by atomic mass is 10.0. The normalized spacial score (nSPS) is 17.1. The number of aryl methyl sites for hydroxylation is 1. The van der Waals surface area contributed by atoms with Crippen molar-refractivity contribution in [1.29, 1.82) is 0 Å². The molecule has 18 heavy (non-hydrogen) atoms. The Morgan fingerprint density at radius 1 is 1.22 bits per heavy atom. The highest BCUT2D eigenvalue weighted by molar-refractivity contribution is 5.94. The van der Waals surface area contributed by atoms with Gasteiger partial charge in [-0.05, 0) is 37.5 Å². The zero-order chi connectivity index (χ0) is 13.3. The molecule has 5 heteroatoms. The molecule has 2 rings (SSSR count). The van der Waals surface area contributed by atoms with Gasteiger partial charge in [-0.1, -0.05) is 6.07 Å². The van der Waals surface area contributed by atoms with E-state index in [4.69, 9.17) is 0 Å². The number of amides is 1. The summed E-state index contributed by atoms with van der Waals surface area (Å²) in [4.78, 5) is 13.1. The monoisotopic (exact) mass is 257 g/mol. The van der Waals surface area contributed by atoms with Crippen molar-refractivity contribution in [3.63, 3.8) is 0 Å². The number of halogens is 3. The van der Waals surface area contributed by atoms with Gasteiger partial charge in [0.2, 0.25) is 5.91 Å². The lowest BCUT2D eigenvalue weighted by Crippen LogP contribution is -2.35. The van der Waals surface area contributed by atoms with Crippen molar-refractivity contribution < 1.29 is 18.0 Å². The summed E-state index contributed by atoms with van der Waals surface area (Å²) >= 11 is 0. The third kappa shape index (κ3) is 2.49. The predicted octanol–water partition coefficient (Wildman–Crippen LogP) is 3.53. The minimum Gasteiger partial charge on any atom is -0.312 e. The minimum atomic E-state index is -4.38. The highest BCUT2D eigenvalue weighted by atomic mass is 19.4. The molecule has 0 radical (unpaired) electrons. The van der Waals surface area contributed by atoms with Crippen LogP contribution >= 0.6 is 0 Å². The van der Waals surface area contributed by atoms with E-state index in [1.807, 2.05) is 0 Å². The highest BCUT2D eigenvalue weighted by Gasteiger charge is 2.33. The maximum atomic E-state index is 12.8. The van der Waals surface area contributed by atoms with Gasteiger partial charge < -0.3 is 4.90 Å². The minimum absolute atomic E-state index is 0.0989. The molecule has 0 bridgehead atoms. The topological polar surface area (TPSA) is 20.3 Å². The molecular weight excluding hydrogens is 243 g/mol. The molecule has 2 nitrogen and oxygen atoms in total. The molecule has 0 saturated carbocycles. The summed E-state index contributed by atoms with van der Waals surface area (Å²) in [5.41, 5.74) is -0.147. The summed E-state index contributed by atoms with van der Waals surface area (Å²) in [6.45, 7) is 1.92. The van der Waals surface area contributed by atoms with Crippen LogP contribution in [0.25, 0.3) is 0 Å². The summed E-state index contributed by atoms with van der Waals surface area (Å²) in [6.07, 6.45) is -2.32. The highest BCUT2D eigenvalue weighted by Crippen LogP contribution is 2.34. The van der Waals surface area contributed by atoms with Gasteiger partial charge >= 0.3 is 6.18 Å². The fourth-order valence-corrected chi connectivity index (χ4v) is 2.16. The first-order chi connectivity index (χ1) is 8.39. The number of benzene rings is 1. The SMILES string of the molecule is Cc1ccc(N2CCCCC2=O)cc1C(F)(F)F. The van der Waals surface area contributed by atoms with Crippen molar-refractivity contribution >= 4 is 11.6 Å². The van der Waals surface area contributed by atoms with Crippen molar-refractivity contribution in [3.8, 4) is 0 Å². The Bertz CT molecular complexity index is 468. The van der Waals surface area contributed by atoms with Gasteiger partial charge in [-0.2, -0.15) is 13.2 Å². The number of anilines is 1. The zero-order valence-corrected chi connectivity index (χ0v) is 10.0. The first kappa shape index (κ1) is 12.9. The van der Waals surface area contributed by atoms with Crippen molar-refractivity contribution in [2.75, 3.05) is 11.4 Å². The quantitative estimate of drug-likeness (QED) is 0.753. The van der Waals surface area contributed by atoms with Gasteiger partial charge in [0.15, 0.2) is 0 Å². The lowest BCUT2D eigenvalue weighted by Gasteiger charge is -2.27. The molecular formula is C13H14F3NO. The van der Waals surface area contributed by atoms with Crippen LogP contribution in [0.5, 0.6) is 0 Å². The molecule has 0 unspecified atom stereocenters. The maximum absolute atomic E-state index is 12.8. The van der Waals surface area contributed by atoms with Gasteiger partial charge in [-0.3, -0.25) is 4.79 Å². The Labute approximate surface area is 103 Å². The summed E-state index contributed by atoms with van der Waals surface area (Å²) in [5.74, 6) is -0.0989. The van der Waals surface area contributed by atoms with E-state index in [1.54, 1.807) is 6.07 Å². The molecule has 0 atom stereocenters. The second kappa shape index (κ2) is 4.63. The molecule has 1 fully saturated rings. The maximum Gasteiger partial charge on any atom is 0.416 e. The van der Waals surface area contributed by atoms with E-state index in [1.165, 1.54) is 17.9 Å². The van der Waals surface area contributed by atoms with Crippen LogP contribution in [-0.2, 0) is 11.0 Å². The smallest absolute Gasteiger partial charge is 0.312 e. The number of hydrogen-bond donors (Lipinski definition) is 0. The van der Waals surface area contributed by atoms with E-state index in [9.17, 15) is 18.0 Å². The van der Waals surface area contributed by atoms with Gasteiger partial charge in [0.25, 0.3) is 0 Å². The second-order valence-corrected chi connectivity index (χ2v) is 4.50. The third-order valence-electron chi connectivity index (χ3n) is 3.16. The van der Waals surface area contributed by atoms with Crippen LogP contribution in [0, 0.1) is 6.92 Å². The molecule has 98 valence electrons. The van der Waals surface area contributed by atoms with Crippen molar-refractivity contribution in [2.24, 2.45) is 0 Å². The summed E-state index contributed by atoms with van der Waals surface area (Å²) in [7, 11) is 0. The van der Waals surface area contributed by atoms with Crippen LogP contribution in [0.1, 0.15) is 30.4 Å². The number of piperidine rings is 1. The molecule has 1 saturated heterocycles. The average Bonchev–Trinajstić information content (AvgIpc) is 2.29. The molecule has 1 aliphatic heterocycles. The number of nitrogens with zero attached hydrogens (tertiary/aromatic N) is 1. The zero-order valence-electron chi connectivity index (χ0n) is 10.0. The number of alkyl halides is 3. The van der Waals surface area contributed by atoms with Crippen LogP contribution in [0.15, 0.2) is 18.2 Å². The van der Waals surface area contributed by atoms with E-state index < -0.39 is 11.7 Å². The Kier molecular flexibility index (Phi) is 3.32. The van der Waals surface area contributed by atoms with E-state index in [-0.39, 0.29) is 11.5 Å². The van der Waals surface area contributed by atoms with Crippen LogP contribution in [-0.4, -0.2) is 12.5 Å². The standard InChI is InChI=1S/C13H14F3NO/c1-9-5-6-10(8-11(9)13(14,15)16)17-7-3-2-4-12(17)18/h5-6,8H,2-4,7H2,1H3. The van der Waals surface area contributed by atoms with Crippen LogP contribution < -0.4 is 4.90 Å². The molecule has 1 aromatic rings. The molecule has 0 N–H and O–H groups in total. The van der Waals surface area contributed by atoms with E-state index >= 15 is 0 Å². The molecule has 0 spiro atoms. The fourth-order valence-electron chi connectivity index (χ4n) is 2.16. The molecule has 1 aromatic carbocycles. The molecule has 1 aliphatic rings. The first-order valence-electron chi connectivity index (χ1n) is 5.88. The Morgan fingerprint density at radius 2 is 1.94 bits per heavy atom. The Balaban J connectivity index is 2.37. The van der Waals surface area contributed by atoms with E-state index in [0.29, 0.717) is 18.7 Å². The summed E-state index contributed by atoms with van der Waals surface area (Å²) in [5, 5.41) is 0. The first-order valence-corrected chi connectivity index (χ1v) is 5.88. The average molecular weight is 257 g/mol. The van der Waals surface area contributed by atoms with Crippen LogP contribution in [0.3, 0.4) is 0 Å². The number of rotatable bonds is 1. The Morgan fingerprint density at radius 3 is 2.56 bits per heavy atom. The second-order valence-electron chi connectivity index (χ2n) is 4.50. The van der Waals surface area contributed by atoms with E-state index in [0.717, 1.165) is 18.9 Å². The summed E-state index contributed by atoms with van der Waals surface area (Å²) in [6, 6.07) is 4.06. The van der Waals surface area contributed by atoms with Crippen molar-refractivity contribution in [1.82, 2.24) is 0 Å². The van der Waals surface area contributed by atoms with Gasteiger partial charge in [0.1, 0.15) is 0 Å². The predicted molar refractivity (Wildman–Crippen MR) is 62.4 cm³/mol. The van der Waals surface area contributed by atoms with Crippen molar-refractivity contribution in [2.45, 2.75) is 32.4 Å². The summed E-state index contributed by atoms with van der Waals surface area (Å²) < 4.78 is 38.4.